The van der Waals surface area contributed by atoms with Gasteiger partial charge in [-0.25, -0.2) is 4.79 Å². The Morgan fingerprint density at radius 2 is 1.84 bits per heavy atom. The van der Waals surface area contributed by atoms with Gasteiger partial charge in [0, 0.05) is 35.3 Å². The van der Waals surface area contributed by atoms with Crippen molar-refractivity contribution in [3.63, 3.8) is 0 Å². The highest BCUT2D eigenvalue weighted by molar-refractivity contribution is 5.89. The Labute approximate surface area is 184 Å². The van der Waals surface area contributed by atoms with E-state index in [2.05, 4.69) is 39.0 Å². The summed E-state index contributed by atoms with van der Waals surface area (Å²) in [5.74, 6) is 1.43. The molecule has 1 aliphatic carbocycles. The van der Waals surface area contributed by atoms with Gasteiger partial charge in [-0.3, -0.25) is 5.10 Å². The number of ether oxygens (including phenoxy) is 2. The molecule has 0 atom stereocenters. The number of benzene rings is 3. The van der Waals surface area contributed by atoms with Gasteiger partial charge in [-0.05, 0) is 35.4 Å². The number of anilines is 1. The zero-order valence-electron chi connectivity index (χ0n) is 17.1. The van der Waals surface area contributed by atoms with E-state index in [-0.39, 0.29) is 12.8 Å². The molecule has 0 radical (unpaired) electrons. The van der Waals surface area contributed by atoms with Crippen LogP contribution >= 0.6 is 0 Å². The Morgan fingerprint density at radius 1 is 1.00 bits per heavy atom. The van der Waals surface area contributed by atoms with Crippen LogP contribution in [0.1, 0.15) is 16.7 Å². The molecule has 2 heterocycles. The Balaban J connectivity index is 1.11. The molecule has 0 bridgehead atoms. The Bertz CT molecular complexity index is 1330. The summed E-state index contributed by atoms with van der Waals surface area (Å²) < 4.78 is 10.7. The molecule has 32 heavy (non-hydrogen) atoms. The van der Waals surface area contributed by atoms with Crippen LogP contribution in [0.2, 0.25) is 0 Å². The average molecular weight is 424 g/mol. The molecule has 2 aliphatic rings. The number of fused-ring (bicyclic) bond motifs is 4. The van der Waals surface area contributed by atoms with E-state index < -0.39 is 0 Å². The van der Waals surface area contributed by atoms with E-state index in [0.29, 0.717) is 18.0 Å². The summed E-state index contributed by atoms with van der Waals surface area (Å²) in [7, 11) is 0. The molecule has 0 saturated heterocycles. The standard InChI is InChI=1S/C25H20N4O3/c30-25(26-13-15-5-10-21-22(11-15)32-14-31-21)27-18-8-6-16(7-9-18)23-20-12-17-3-1-2-4-19(17)24(20)29-28-23/h1-11H,12-14H2,(H,28,29)(H2,26,27,30). The van der Waals surface area contributed by atoms with E-state index in [1.54, 1.807) is 0 Å². The van der Waals surface area contributed by atoms with Gasteiger partial charge in [-0.2, -0.15) is 5.10 Å². The molecule has 6 rings (SSSR count). The largest absolute Gasteiger partial charge is 0.454 e. The van der Waals surface area contributed by atoms with E-state index in [1.165, 1.54) is 16.7 Å². The van der Waals surface area contributed by atoms with Crippen molar-refractivity contribution in [1.29, 1.82) is 0 Å². The van der Waals surface area contributed by atoms with Crippen molar-refractivity contribution in [3.05, 3.63) is 83.4 Å². The van der Waals surface area contributed by atoms with Gasteiger partial charge in [-0.1, -0.05) is 42.5 Å². The van der Waals surface area contributed by atoms with Crippen LogP contribution < -0.4 is 20.1 Å². The van der Waals surface area contributed by atoms with Crippen LogP contribution in [0.3, 0.4) is 0 Å². The fourth-order valence-corrected chi connectivity index (χ4v) is 4.23. The van der Waals surface area contributed by atoms with Crippen LogP contribution in [-0.2, 0) is 13.0 Å². The molecule has 1 aliphatic heterocycles. The summed E-state index contributed by atoms with van der Waals surface area (Å²) in [5, 5.41) is 13.5. The minimum absolute atomic E-state index is 0.233. The highest BCUT2D eigenvalue weighted by Gasteiger charge is 2.24. The highest BCUT2D eigenvalue weighted by atomic mass is 16.7. The molecule has 0 spiro atoms. The molecule has 158 valence electrons. The number of aromatic nitrogens is 2. The molecule has 7 nitrogen and oxygen atoms in total. The van der Waals surface area contributed by atoms with Gasteiger partial charge in [0.05, 0.1) is 11.4 Å². The summed E-state index contributed by atoms with van der Waals surface area (Å²) in [6.07, 6.45) is 0.875. The van der Waals surface area contributed by atoms with Gasteiger partial charge in [0.1, 0.15) is 0 Å². The third kappa shape index (κ3) is 3.24. The Kier molecular flexibility index (Phi) is 4.31. The topological polar surface area (TPSA) is 88.3 Å². The van der Waals surface area contributed by atoms with Crippen LogP contribution in [0, 0.1) is 0 Å². The molecule has 2 amide bonds. The lowest BCUT2D eigenvalue weighted by Crippen LogP contribution is -2.28. The number of urea groups is 1. The van der Waals surface area contributed by atoms with E-state index in [1.807, 2.05) is 48.5 Å². The van der Waals surface area contributed by atoms with Gasteiger partial charge >= 0.3 is 6.03 Å². The molecule has 3 aromatic carbocycles. The SMILES string of the molecule is O=C(NCc1ccc2c(c1)OCO2)Nc1ccc(-c2n[nH]c3c2Cc2ccccc2-3)cc1. The second kappa shape index (κ2) is 7.46. The molecule has 0 fully saturated rings. The summed E-state index contributed by atoms with van der Waals surface area (Å²) in [5.41, 5.74) is 8.47. The van der Waals surface area contributed by atoms with Gasteiger partial charge in [0.15, 0.2) is 11.5 Å². The van der Waals surface area contributed by atoms with Crippen molar-refractivity contribution in [2.24, 2.45) is 0 Å². The summed E-state index contributed by atoms with van der Waals surface area (Å²) in [6.45, 7) is 0.622. The van der Waals surface area contributed by atoms with Gasteiger partial charge in [-0.15, -0.1) is 0 Å². The number of H-pyrrole nitrogens is 1. The molecular formula is C25H20N4O3. The number of carbonyl (C=O) groups excluding carboxylic acids is 1. The number of hydrogen-bond donors (Lipinski definition) is 3. The van der Waals surface area contributed by atoms with Gasteiger partial charge < -0.3 is 20.1 Å². The minimum atomic E-state index is -0.272. The first-order valence-corrected chi connectivity index (χ1v) is 10.4. The van der Waals surface area contributed by atoms with E-state index >= 15 is 0 Å². The highest BCUT2D eigenvalue weighted by Crippen LogP contribution is 2.40. The summed E-state index contributed by atoms with van der Waals surface area (Å²) in [4.78, 5) is 12.3. The first-order chi connectivity index (χ1) is 15.7. The monoisotopic (exact) mass is 424 g/mol. The number of aromatic amines is 1. The smallest absolute Gasteiger partial charge is 0.319 e. The molecule has 7 heteroatoms. The van der Waals surface area contributed by atoms with Crippen LogP contribution in [0.15, 0.2) is 66.7 Å². The van der Waals surface area contributed by atoms with Crippen LogP contribution in [0.25, 0.3) is 22.5 Å². The third-order valence-corrected chi connectivity index (χ3v) is 5.83. The van der Waals surface area contributed by atoms with Crippen LogP contribution in [0.4, 0.5) is 10.5 Å². The minimum Gasteiger partial charge on any atom is -0.454 e. The van der Waals surface area contributed by atoms with Crippen molar-refractivity contribution in [2.75, 3.05) is 12.1 Å². The number of amides is 2. The van der Waals surface area contributed by atoms with Crippen LogP contribution in [0.5, 0.6) is 11.5 Å². The van der Waals surface area contributed by atoms with Gasteiger partial charge in [0.25, 0.3) is 0 Å². The first-order valence-electron chi connectivity index (χ1n) is 10.4. The second-order valence-electron chi connectivity index (χ2n) is 7.83. The fraction of sp³-hybridized carbons (Fsp3) is 0.120. The lowest BCUT2D eigenvalue weighted by atomic mass is 10.1. The van der Waals surface area contributed by atoms with Gasteiger partial charge in [0.2, 0.25) is 6.79 Å². The predicted octanol–water partition coefficient (Wildman–Crippen LogP) is 4.70. The second-order valence-corrected chi connectivity index (χ2v) is 7.83. The molecule has 1 aromatic heterocycles. The van der Waals surface area contributed by atoms with Crippen LogP contribution in [-0.4, -0.2) is 23.0 Å². The van der Waals surface area contributed by atoms with E-state index in [4.69, 9.17) is 9.47 Å². The van der Waals surface area contributed by atoms with Crippen molar-refractivity contribution in [2.45, 2.75) is 13.0 Å². The molecule has 0 unspecified atom stereocenters. The zero-order valence-corrected chi connectivity index (χ0v) is 17.1. The third-order valence-electron chi connectivity index (χ3n) is 5.83. The van der Waals surface area contributed by atoms with E-state index in [9.17, 15) is 4.79 Å². The number of carbonyl (C=O) groups is 1. The Morgan fingerprint density at radius 3 is 2.75 bits per heavy atom. The number of nitrogens with one attached hydrogen (secondary N) is 3. The lowest BCUT2D eigenvalue weighted by Gasteiger charge is -2.09. The van der Waals surface area contributed by atoms with Crippen molar-refractivity contribution < 1.29 is 14.3 Å². The number of hydrogen-bond acceptors (Lipinski definition) is 4. The summed E-state index contributed by atoms with van der Waals surface area (Å²) >= 11 is 0. The zero-order chi connectivity index (χ0) is 21.5. The van der Waals surface area contributed by atoms with Crippen molar-refractivity contribution in [1.82, 2.24) is 15.5 Å². The molecule has 4 aromatic rings. The fourth-order valence-electron chi connectivity index (χ4n) is 4.23. The first kappa shape index (κ1) is 18.5. The lowest BCUT2D eigenvalue weighted by molar-refractivity contribution is 0.174. The van der Waals surface area contributed by atoms with E-state index in [0.717, 1.165) is 34.7 Å². The molecule has 3 N–H and O–H groups in total. The maximum absolute atomic E-state index is 12.3. The number of nitrogens with zero attached hydrogens (tertiary/aromatic N) is 1. The quantitative estimate of drug-likeness (QED) is 0.390. The predicted molar refractivity (Wildman–Crippen MR) is 121 cm³/mol. The maximum Gasteiger partial charge on any atom is 0.319 e. The number of rotatable bonds is 4. The van der Waals surface area contributed by atoms with Crippen molar-refractivity contribution >= 4 is 11.7 Å². The Hall–Kier alpha value is -4.26. The molecular weight excluding hydrogens is 404 g/mol. The molecule has 0 saturated carbocycles. The summed E-state index contributed by atoms with van der Waals surface area (Å²) in [6, 6.07) is 21.5. The average Bonchev–Trinajstić information content (AvgIpc) is 3.53. The van der Waals surface area contributed by atoms with Crippen molar-refractivity contribution in [3.8, 4) is 34.0 Å². The normalized spacial score (nSPS) is 12.9. The maximum atomic E-state index is 12.3.